The van der Waals surface area contributed by atoms with E-state index in [2.05, 4.69) is 11.9 Å². The SMILES string of the molecule is C=CCN1C(=O)/C(=C\c2cc(OC)c3c(c2)OCO3)C(=O)NC1=S. The molecular weight excluding hydrogens is 332 g/mol. The van der Waals surface area contributed by atoms with E-state index in [0.717, 1.165) is 0 Å². The third-order valence-corrected chi connectivity index (χ3v) is 3.81. The number of amides is 2. The Morgan fingerprint density at radius 2 is 2.21 bits per heavy atom. The van der Waals surface area contributed by atoms with Gasteiger partial charge in [-0.15, -0.1) is 6.58 Å². The van der Waals surface area contributed by atoms with Crippen molar-refractivity contribution in [3.8, 4) is 17.2 Å². The molecular formula is C16H14N2O5S. The van der Waals surface area contributed by atoms with Crippen molar-refractivity contribution >= 4 is 35.2 Å². The second kappa shape index (κ2) is 6.32. The average molecular weight is 346 g/mol. The summed E-state index contributed by atoms with van der Waals surface area (Å²) in [5, 5.41) is 2.55. The van der Waals surface area contributed by atoms with Gasteiger partial charge in [0.05, 0.1) is 7.11 Å². The summed E-state index contributed by atoms with van der Waals surface area (Å²) in [7, 11) is 1.50. The molecule has 1 aromatic rings. The third kappa shape index (κ3) is 2.71. The summed E-state index contributed by atoms with van der Waals surface area (Å²) >= 11 is 5.01. The minimum absolute atomic E-state index is 0.0358. The smallest absolute Gasteiger partial charge is 0.265 e. The van der Waals surface area contributed by atoms with Crippen LogP contribution in [0.15, 0.2) is 30.4 Å². The standard InChI is InChI=1S/C16H14N2O5S/c1-3-4-18-15(20)10(14(19)17-16(18)24)5-9-6-11(21-2)13-12(7-9)22-8-23-13/h3,5-7H,1,4,8H2,2H3,(H,17,19,24)/b10-5-. The zero-order valence-corrected chi connectivity index (χ0v) is 13.6. The predicted molar refractivity (Wildman–Crippen MR) is 89.7 cm³/mol. The number of hydrogen-bond donors (Lipinski definition) is 1. The van der Waals surface area contributed by atoms with Crippen molar-refractivity contribution in [1.29, 1.82) is 0 Å². The lowest BCUT2D eigenvalue weighted by Gasteiger charge is -2.27. The lowest BCUT2D eigenvalue weighted by Crippen LogP contribution is -2.53. The molecule has 0 radical (unpaired) electrons. The van der Waals surface area contributed by atoms with E-state index in [0.29, 0.717) is 22.8 Å². The Balaban J connectivity index is 2.01. The molecule has 0 atom stereocenters. The van der Waals surface area contributed by atoms with Gasteiger partial charge in [-0.2, -0.15) is 0 Å². The van der Waals surface area contributed by atoms with Crippen molar-refractivity contribution in [2.75, 3.05) is 20.4 Å². The summed E-state index contributed by atoms with van der Waals surface area (Å²) in [6, 6.07) is 3.33. The van der Waals surface area contributed by atoms with Gasteiger partial charge in [0.2, 0.25) is 12.5 Å². The van der Waals surface area contributed by atoms with E-state index in [1.165, 1.54) is 24.2 Å². The highest BCUT2D eigenvalue weighted by Crippen LogP contribution is 2.42. The molecule has 124 valence electrons. The topological polar surface area (TPSA) is 77.1 Å². The number of fused-ring (bicyclic) bond motifs is 1. The number of nitrogens with one attached hydrogen (secondary N) is 1. The number of benzene rings is 1. The molecule has 0 bridgehead atoms. The molecule has 0 saturated carbocycles. The zero-order valence-electron chi connectivity index (χ0n) is 12.8. The minimum Gasteiger partial charge on any atom is -0.493 e. The fourth-order valence-electron chi connectivity index (χ4n) is 2.39. The molecule has 7 nitrogen and oxygen atoms in total. The van der Waals surface area contributed by atoms with Crippen molar-refractivity contribution in [1.82, 2.24) is 10.2 Å². The minimum atomic E-state index is -0.554. The summed E-state index contributed by atoms with van der Waals surface area (Å²) < 4.78 is 15.9. The molecule has 8 heteroatoms. The van der Waals surface area contributed by atoms with Gasteiger partial charge in [-0.05, 0) is 36.0 Å². The summed E-state index contributed by atoms with van der Waals surface area (Å²) in [5.74, 6) is 0.401. The van der Waals surface area contributed by atoms with Crippen LogP contribution in [0.1, 0.15) is 5.56 Å². The van der Waals surface area contributed by atoms with Crippen LogP contribution in [0.4, 0.5) is 0 Å². The third-order valence-electron chi connectivity index (χ3n) is 3.49. The molecule has 2 aliphatic rings. The average Bonchev–Trinajstić information content (AvgIpc) is 3.03. The highest BCUT2D eigenvalue weighted by atomic mass is 32.1. The molecule has 0 spiro atoms. The first-order chi connectivity index (χ1) is 11.5. The number of ether oxygens (including phenoxy) is 3. The normalized spacial score (nSPS) is 18.0. The molecule has 3 rings (SSSR count). The Morgan fingerprint density at radius 3 is 2.92 bits per heavy atom. The number of carbonyl (C=O) groups excluding carboxylic acids is 2. The summed E-state index contributed by atoms with van der Waals surface area (Å²) in [5.41, 5.74) is 0.535. The first-order valence-corrected chi connectivity index (χ1v) is 7.43. The number of methoxy groups -OCH3 is 1. The Labute approximate surface area is 143 Å². The Bertz CT molecular complexity index is 787. The number of rotatable bonds is 4. The van der Waals surface area contributed by atoms with Gasteiger partial charge in [-0.25, -0.2) is 0 Å². The van der Waals surface area contributed by atoms with Crippen LogP contribution in [0.5, 0.6) is 17.2 Å². The van der Waals surface area contributed by atoms with Crippen molar-refractivity contribution in [2.24, 2.45) is 0 Å². The van der Waals surface area contributed by atoms with Crippen LogP contribution in [0, 0.1) is 0 Å². The maximum Gasteiger partial charge on any atom is 0.265 e. The summed E-state index contributed by atoms with van der Waals surface area (Å²) in [4.78, 5) is 25.9. The van der Waals surface area contributed by atoms with E-state index in [-0.39, 0.29) is 24.0 Å². The van der Waals surface area contributed by atoms with Crippen LogP contribution in [-0.2, 0) is 9.59 Å². The van der Waals surface area contributed by atoms with Crippen molar-refractivity contribution < 1.29 is 23.8 Å². The first-order valence-electron chi connectivity index (χ1n) is 7.02. The number of carbonyl (C=O) groups is 2. The fourth-order valence-corrected chi connectivity index (χ4v) is 2.64. The number of nitrogens with zero attached hydrogens (tertiary/aromatic N) is 1. The molecule has 0 aliphatic carbocycles. The van der Waals surface area contributed by atoms with E-state index >= 15 is 0 Å². The summed E-state index contributed by atoms with van der Waals surface area (Å²) in [6.07, 6.45) is 2.99. The van der Waals surface area contributed by atoms with Gasteiger partial charge in [-0.3, -0.25) is 19.8 Å². The second-order valence-electron chi connectivity index (χ2n) is 4.98. The lowest BCUT2D eigenvalue weighted by molar-refractivity contribution is -0.128. The predicted octanol–water partition coefficient (Wildman–Crippen LogP) is 1.24. The Kier molecular flexibility index (Phi) is 4.22. The molecule has 2 aliphatic heterocycles. The highest BCUT2D eigenvalue weighted by Gasteiger charge is 2.32. The molecule has 1 aromatic carbocycles. The maximum atomic E-state index is 12.5. The number of thiocarbonyl (C=S) groups is 1. The van der Waals surface area contributed by atoms with E-state index < -0.39 is 11.8 Å². The van der Waals surface area contributed by atoms with Gasteiger partial charge in [0.25, 0.3) is 11.8 Å². The Morgan fingerprint density at radius 1 is 1.42 bits per heavy atom. The molecule has 0 aromatic heterocycles. The van der Waals surface area contributed by atoms with Gasteiger partial charge in [0.15, 0.2) is 16.6 Å². The van der Waals surface area contributed by atoms with Gasteiger partial charge in [0.1, 0.15) is 5.57 Å². The van der Waals surface area contributed by atoms with Crippen LogP contribution >= 0.6 is 12.2 Å². The molecule has 1 N–H and O–H groups in total. The molecule has 2 amide bonds. The van der Waals surface area contributed by atoms with Crippen LogP contribution in [-0.4, -0.2) is 42.3 Å². The van der Waals surface area contributed by atoms with Crippen LogP contribution in [0.3, 0.4) is 0 Å². The molecule has 2 heterocycles. The highest BCUT2D eigenvalue weighted by molar-refractivity contribution is 7.80. The quantitative estimate of drug-likeness (QED) is 0.383. The summed E-state index contributed by atoms with van der Waals surface area (Å²) in [6.45, 7) is 3.88. The monoisotopic (exact) mass is 346 g/mol. The van der Waals surface area contributed by atoms with E-state index in [1.54, 1.807) is 12.1 Å². The number of hydrogen-bond acceptors (Lipinski definition) is 6. The van der Waals surface area contributed by atoms with Gasteiger partial charge in [-0.1, -0.05) is 6.08 Å². The van der Waals surface area contributed by atoms with Crippen LogP contribution in [0.25, 0.3) is 6.08 Å². The molecule has 0 unspecified atom stereocenters. The maximum absolute atomic E-state index is 12.5. The molecule has 1 saturated heterocycles. The van der Waals surface area contributed by atoms with Crippen molar-refractivity contribution in [3.05, 3.63) is 35.9 Å². The van der Waals surface area contributed by atoms with Crippen molar-refractivity contribution in [2.45, 2.75) is 0 Å². The largest absolute Gasteiger partial charge is 0.493 e. The van der Waals surface area contributed by atoms with Crippen LogP contribution in [0.2, 0.25) is 0 Å². The molecule has 24 heavy (non-hydrogen) atoms. The van der Waals surface area contributed by atoms with E-state index in [9.17, 15) is 9.59 Å². The van der Waals surface area contributed by atoms with Gasteiger partial charge >= 0.3 is 0 Å². The van der Waals surface area contributed by atoms with Gasteiger partial charge < -0.3 is 14.2 Å². The van der Waals surface area contributed by atoms with Crippen LogP contribution < -0.4 is 19.5 Å². The zero-order chi connectivity index (χ0) is 17.3. The second-order valence-corrected chi connectivity index (χ2v) is 5.37. The first kappa shape index (κ1) is 16.0. The molecule has 1 fully saturated rings. The van der Waals surface area contributed by atoms with E-state index in [1.807, 2.05) is 0 Å². The fraction of sp³-hybridized carbons (Fsp3) is 0.188. The Hall–Kier alpha value is -2.87. The van der Waals surface area contributed by atoms with Gasteiger partial charge in [0, 0.05) is 6.54 Å². The lowest BCUT2D eigenvalue weighted by atomic mass is 10.1. The van der Waals surface area contributed by atoms with E-state index in [4.69, 9.17) is 26.4 Å². The van der Waals surface area contributed by atoms with Crippen molar-refractivity contribution in [3.63, 3.8) is 0 Å².